The van der Waals surface area contributed by atoms with Crippen LogP contribution in [0.15, 0.2) is 24.3 Å². The van der Waals surface area contributed by atoms with Gasteiger partial charge in [-0.05, 0) is 25.2 Å². The molecule has 2 rings (SSSR count). The molecule has 3 heteroatoms. The number of carbonyl (C=O) groups is 1. The van der Waals surface area contributed by atoms with Gasteiger partial charge in [0.25, 0.3) is 0 Å². The lowest BCUT2D eigenvalue weighted by Gasteiger charge is -2.16. The van der Waals surface area contributed by atoms with E-state index in [0.29, 0.717) is 0 Å². The van der Waals surface area contributed by atoms with Gasteiger partial charge in [-0.25, -0.2) is 0 Å². The van der Waals surface area contributed by atoms with E-state index in [2.05, 4.69) is 4.90 Å². The Kier molecular flexibility index (Phi) is 2.84. The van der Waals surface area contributed by atoms with Gasteiger partial charge in [-0.1, -0.05) is 24.3 Å². The number of ether oxygens (including phenoxy) is 1. The number of hydrogen-bond acceptors (Lipinski definition) is 3. The Morgan fingerprint density at radius 1 is 1.33 bits per heavy atom. The van der Waals surface area contributed by atoms with Crippen molar-refractivity contribution < 1.29 is 9.53 Å². The molecule has 0 N–H and O–H groups in total. The van der Waals surface area contributed by atoms with Gasteiger partial charge in [0.2, 0.25) is 0 Å². The van der Waals surface area contributed by atoms with E-state index in [1.54, 1.807) is 0 Å². The third-order valence-corrected chi connectivity index (χ3v) is 2.61. The quantitative estimate of drug-likeness (QED) is 0.701. The number of aldehydes is 1. The Labute approximate surface area is 89.7 Å². The number of carbonyl (C=O) groups excluding carboxylic acids is 1. The third kappa shape index (κ3) is 1.94. The average molecular weight is 205 g/mol. The van der Waals surface area contributed by atoms with E-state index < -0.39 is 0 Å². The molecule has 80 valence electrons. The van der Waals surface area contributed by atoms with E-state index in [9.17, 15) is 4.79 Å². The molecule has 1 aliphatic rings. The summed E-state index contributed by atoms with van der Waals surface area (Å²) in [5.74, 6) is 0. The maximum absolute atomic E-state index is 10.9. The van der Waals surface area contributed by atoms with Gasteiger partial charge in [-0.15, -0.1) is 0 Å². The first-order valence-corrected chi connectivity index (χ1v) is 5.06. The third-order valence-electron chi connectivity index (χ3n) is 2.61. The SMILES string of the molecule is CN(C)CC1OC(C=O)c2ccccc21. The lowest BCUT2D eigenvalue weighted by molar-refractivity contribution is -0.120. The Balaban J connectivity index is 2.29. The van der Waals surface area contributed by atoms with Crippen molar-refractivity contribution in [2.75, 3.05) is 20.6 Å². The maximum Gasteiger partial charge on any atom is 0.153 e. The highest BCUT2D eigenvalue weighted by molar-refractivity contribution is 5.63. The molecule has 3 nitrogen and oxygen atoms in total. The molecular formula is C12H15NO2. The fourth-order valence-electron chi connectivity index (χ4n) is 1.97. The Hall–Kier alpha value is -1.19. The van der Waals surface area contributed by atoms with E-state index in [4.69, 9.17) is 4.74 Å². The van der Waals surface area contributed by atoms with E-state index in [-0.39, 0.29) is 12.2 Å². The number of nitrogens with zero attached hydrogens (tertiary/aromatic N) is 1. The Bertz CT molecular complexity index is 362. The molecule has 1 aromatic carbocycles. The van der Waals surface area contributed by atoms with Crippen LogP contribution in [0.2, 0.25) is 0 Å². The summed E-state index contributed by atoms with van der Waals surface area (Å²) in [6.07, 6.45) is 0.506. The molecule has 0 radical (unpaired) electrons. The first kappa shape index (κ1) is 10.3. The maximum atomic E-state index is 10.9. The molecule has 0 bridgehead atoms. The van der Waals surface area contributed by atoms with Crippen molar-refractivity contribution in [1.82, 2.24) is 4.90 Å². The molecule has 1 heterocycles. The number of fused-ring (bicyclic) bond motifs is 1. The predicted octanol–water partition coefficient (Wildman–Crippen LogP) is 1.56. The van der Waals surface area contributed by atoms with Crippen LogP contribution >= 0.6 is 0 Å². The standard InChI is InChI=1S/C12H15NO2/c1-13(2)7-11-9-5-3-4-6-10(9)12(8-14)15-11/h3-6,8,11-12H,7H2,1-2H3. The first-order valence-electron chi connectivity index (χ1n) is 5.06. The summed E-state index contributed by atoms with van der Waals surface area (Å²) in [5.41, 5.74) is 2.16. The number of likely N-dealkylation sites (N-methyl/N-ethyl adjacent to an activating group) is 1. The monoisotopic (exact) mass is 205 g/mol. The summed E-state index contributed by atoms with van der Waals surface area (Å²) >= 11 is 0. The number of benzene rings is 1. The van der Waals surface area contributed by atoms with Crippen LogP contribution < -0.4 is 0 Å². The van der Waals surface area contributed by atoms with Crippen LogP contribution in [0.5, 0.6) is 0 Å². The largest absolute Gasteiger partial charge is 0.357 e. The summed E-state index contributed by atoms with van der Waals surface area (Å²) in [5, 5.41) is 0. The molecule has 2 unspecified atom stereocenters. The second-order valence-electron chi connectivity index (χ2n) is 4.07. The molecule has 1 aliphatic heterocycles. The van der Waals surface area contributed by atoms with E-state index in [1.807, 2.05) is 38.4 Å². The zero-order valence-electron chi connectivity index (χ0n) is 9.01. The molecular weight excluding hydrogens is 190 g/mol. The minimum absolute atomic E-state index is 0.0198. The predicted molar refractivity (Wildman–Crippen MR) is 57.6 cm³/mol. The fraction of sp³-hybridized carbons (Fsp3) is 0.417. The number of rotatable bonds is 3. The van der Waals surface area contributed by atoms with Crippen molar-refractivity contribution in [3.8, 4) is 0 Å². The smallest absolute Gasteiger partial charge is 0.153 e. The molecule has 0 aliphatic carbocycles. The Morgan fingerprint density at radius 3 is 2.60 bits per heavy atom. The van der Waals surface area contributed by atoms with Gasteiger partial charge < -0.3 is 14.4 Å². The minimum atomic E-state index is -0.383. The molecule has 0 aromatic heterocycles. The van der Waals surface area contributed by atoms with Gasteiger partial charge in [0, 0.05) is 6.54 Å². The van der Waals surface area contributed by atoms with Crippen LogP contribution in [0.1, 0.15) is 23.3 Å². The van der Waals surface area contributed by atoms with Gasteiger partial charge in [0.05, 0.1) is 6.10 Å². The lowest BCUT2D eigenvalue weighted by Crippen LogP contribution is -2.20. The summed E-state index contributed by atoms with van der Waals surface area (Å²) in [6.45, 7) is 0.807. The zero-order valence-corrected chi connectivity index (χ0v) is 9.01. The van der Waals surface area contributed by atoms with Crippen LogP contribution in [0, 0.1) is 0 Å². The zero-order chi connectivity index (χ0) is 10.8. The number of hydrogen-bond donors (Lipinski definition) is 0. The summed E-state index contributed by atoms with van der Waals surface area (Å²) < 4.78 is 5.68. The van der Waals surface area contributed by atoms with Crippen molar-refractivity contribution in [3.63, 3.8) is 0 Å². The minimum Gasteiger partial charge on any atom is -0.357 e. The van der Waals surface area contributed by atoms with Crippen molar-refractivity contribution in [1.29, 1.82) is 0 Å². The van der Waals surface area contributed by atoms with Crippen LogP contribution in [0.4, 0.5) is 0 Å². The van der Waals surface area contributed by atoms with Crippen LogP contribution in [0.3, 0.4) is 0 Å². The molecule has 2 atom stereocenters. The van der Waals surface area contributed by atoms with E-state index >= 15 is 0 Å². The molecule has 0 saturated carbocycles. The highest BCUT2D eigenvalue weighted by Gasteiger charge is 2.31. The summed E-state index contributed by atoms with van der Waals surface area (Å²) in [7, 11) is 4.00. The van der Waals surface area contributed by atoms with Crippen LogP contribution in [-0.4, -0.2) is 31.8 Å². The van der Waals surface area contributed by atoms with Crippen LogP contribution in [-0.2, 0) is 9.53 Å². The van der Waals surface area contributed by atoms with Gasteiger partial charge in [0.15, 0.2) is 6.29 Å². The Morgan fingerprint density at radius 2 is 2.00 bits per heavy atom. The second kappa shape index (κ2) is 4.13. The summed E-state index contributed by atoms with van der Waals surface area (Å²) in [6, 6.07) is 7.92. The van der Waals surface area contributed by atoms with Crippen molar-refractivity contribution >= 4 is 6.29 Å². The van der Waals surface area contributed by atoms with Crippen LogP contribution in [0.25, 0.3) is 0 Å². The first-order chi connectivity index (χ1) is 7.22. The fourth-order valence-corrected chi connectivity index (χ4v) is 1.97. The average Bonchev–Trinajstić information content (AvgIpc) is 2.56. The normalized spacial score (nSPS) is 24.2. The molecule has 0 fully saturated rings. The lowest BCUT2D eigenvalue weighted by atomic mass is 10.0. The van der Waals surface area contributed by atoms with E-state index in [1.165, 1.54) is 0 Å². The van der Waals surface area contributed by atoms with Crippen molar-refractivity contribution in [2.45, 2.75) is 12.2 Å². The second-order valence-corrected chi connectivity index (χ2v) is 4.07. The summed E-state index contributed by atoms with van der Waals surface area (Å²) in [4.78, 5) is 12.9. The molecule has 0 spiro atoms. The van der Waals surface area contributed by atoms with Crippen molar-refractivity contribution in [3.05, 3.63) is 35.4 Å². The highest BCUT2D eigenvalue weighted by atomic mass is 16.5. The molecule has 0 amide bonds. The van der Waals surface area contributed by atoms with Gasteiger partial charge >= 0.3 is 0 Å². The topological polar surface area (TPSA) is 29.5 Å². The van der Waals surface area contributed by atoms with Gasteiger partial charge in [-0.3, -0.25) is 0 Å². The van der Waals surface area contributed by atoms with Gasteiger partial charge in [-0.2, -0.15) is 0 Å². The van der Waals surface area contributed by atoms with E-state index in [0.717, 1.165) is 24.0 Å². The highest BCUT2D eigenvalue weighted by Crippen LogP contribution is 2.37. The molecule has 0 saturated heterocycles. The molecule has 15 heavy (non-hydrogen) atoms. The van der Waals surface area contributed by atoms with Gasteiger partial charge in [0.1, 0.15) is 6.10 Å². The van der Waals surface area contributed by atoms with Crippen molar-refractivity contribution in [2.24, 2.45) is 0 Å². The molecule has 1 aromatic rings.